The SMILES string of the molecule is O=C(CC1NC(=O)CN(Cc2ccccc2)C1=O)Nc1cccc(F)c1. The van der Waals surface area contributed by atoms with Crippen LogP contribution in [0.3, 0.4) is 0 Å². The van der Waals surface area contributed by atoms with Gasteiger partial charge in [0, 0.05) is 12.2 Å². The molecule has 0 aliphatic carbocycles. The Morgan fingerprint density at radius 1 is 1.15 bits per heavy atom. The Labute approximate surface area is 150 Å². The van der Waals surface area contributed by atoms with Gasteiger partial charge in [-0.25, -0.2) is 4.39 Å². The summed E-state index contributed by atoms with van der Waals surface area (Å²) in [6.45, 7) is 0.255. The maximum absolute atomic E-state index is 13.2. The summed E-state index contributed by atoms with van der Waals surface area (Å²) in [6.07, 6.45) is -0.216. The maximum atomic E-state index is 13.2. The van der Waals surface area contributed by atoms with Crippen LogP contribution in [-0.2, 0) is 20.9 Å². The molecule has 3 rings (SSSR count). The summed E-state index contributed by atoms with van der Waals surface area (Å²) < 4.78 is 13.2. The molecule has 26 heavy (non-hydrogen) atoms. The Morgan fingerprint density at radius 2 is 1.92 bits per heavy atom. The van der Waals surface area contributed by atoms with Gasteiger partial charge in [0.2, 0.25) is 17.7 Å². The van der Waals surface area contributed by atoms with Gasteiger partial charge in [0.1, 0.15) is 11.9 Å². The molecule has 2 aromatic rings. The van der Waals surface area contributed by atoms with Gasteiger partial charge in [-0.1, -0.05) is 36.4 Å². The van der Waals surface area contributed by atoms with E-state index in [-0.39, 0.29) is 24.8 Å². The Bertz CT molecular complexity index is 826. The van der Waals surface area contributed by atoms with Crippen molar-refractivity contribution in [2.75, 3.05) is 11.9 Å². The summed E-state index contributed by atoms with van der Waals surface area (Å²) in [5.74, 6) is -1.58. The van der Waals surface area contributed by atoms with E-state index in [1.165, 1.54) is 23.1 Å². The van der Waals surface area contributed by atoms with Crippen LogP contribution in [0.1, 0.15) is 12.0 Å². The Kier molecular flexibility index (Phi) is 5.26. The molecule has 0 radical (unpaired) electrons. The van der Waals surface area contributed by atoms with Crippen LogP contribution < -0.4 is 10.6 Å². The lowest BCUT2D eigenvalue weighted by Gasteiger charge is -2.32. The molecule has 0 aromatic heterocycles. The summed E-state index contributed by atoms with van der Waals surface area (Å²) in [4.78, 5) is 38.1. The van der Waals surface area contributed by atoms with Crippen molar-refractivity contribution in [3.63, 3.8) is 0 Å². The molecular weight excluding hydrogens is 337 g/mol. The molecule has 7 heteroatoms. The van der Waals surface area contributed by atoms with E-state index in [4.69, 9.17) is 0 Å². The van der Waals surface area contributed by atoms with Gasteiger partial charge in [0.05, 0.1) is 13.0 Å². The molecule has 6 nitrogen and oxygen atoms in total. The molecule has 1 fully saturated rings. The van der Waals surface area contributed by atoms with Crippen LogP contribution in [0.15, 0.2) is 54.6 Å². The number of halogens is 1. The highest BCUT2D eigenvalue weighted by molar-refractivity contribution is 6.00. The van der Waals surface area contributed by atoms with E-state index in [2.05, 4.69) is 10.6 Å². The molecule has 134 valence electrons. The standard InChI is InChI=1S/C19H18FN3O3/c20-14-7-4-8-15(9-14)21-17(24)10-16-19(26)23(12-18(25)22-16)11-13-5-2-1-3-6-13/h1-9,16H,10-12H2,(H,21,24)(H,22,25). The minimum absolute atomic E-state index is 0.0459. The lowest BCUT2D eigenvalue weighted by Crippen LogP contribution is -2.58. The van der Waals surface area contributed by atoms with Gasteiger partial charge in [-0.15, -0.1) is 0 Å². The molecule has 0 bridgehead atoms. The van der Waals surface area contributed by atoms with E-state index >= 15 is 0 Å². The minimum atomic E-state index is -0.937. The highest BCUT2D eigenvalue weighted by Crippen LogP contribution is 2.13. The van der Waals surface area contributed by atoms with Crippen LogP contribution in [0.4, 0.5) is 10.1 Å². The number of anilines is 1. The number of rotatable bonds is 5. The second kappa shape index (κ2) is 7.77. The van der Waals surface area contributed by atoms with Crippen molar-refractivity contribution in [3.8, 4) is 0 Å². The fourth-order valence-corrected chi connectivity index (χ4v) is 2.81. The van der Waals surface area contributed by atoms with Crippen LogP contribution in [0.2, 0.25) is 0 Å². The van der Waals surface area contributed by atoms with E-state index in [1.807, 2.05) is 30.3 Å². The summed E-state index contributed by atoms with van der Waals surface area (Å²) in [5.41, 5.74) is 1.20. The smallest absolute Gasteiger partial charge is 0.246 e. The van der Waals surface area contributed by atoms with E-state index in [1.54, 1.807) is 6.07 Å². The number of piperazine rings is 1. The molecule has 2 aromatic carbocycles. The molecule has 0 saturated carbocycles. The van der Waals surface area contributed by atoms with Gasteiger partial charge in [0.25, 0.3) is 0 Å². The second-order valence-corrected chi connectivity index (χ2v) is 6.06. The molecular formula is C19H18FN3O3. The molecule has 3 amide bonds. The fraction of sp³-hybridized carbons (Fsp3) is 0.211. The van der Waals surface area contributed by atoms with Gasteiger partial charge in [-0.05, 0) is 23.8 Å². The van der Waals surface area contributed by atoms with Crippen LogP contribution in [0.25, 0.3) is 0 Å². The lowest BCUT2D eigenvalue weighted by atomic mass is 10.1. The number of carbonyl (C=O) groups is 3. The topological polar surface area (TPSA) is 78.5 Å². The van der Waals surface area contributed by atoms with Crippen molar-refractivity contribution in [3.05, 3.63) is 66.0 Å². The van der Waals surface area contributed by atoms with Gasteiger partial charge in [-0.2, -0.15) is 0 Å². The van der Waals surface area contributed by atoms with Crippen molar-refractivity contribution < 1.29 is 18.8 Å². The van der Waals surface area contributed by atoms with Crippen LogP contribution in [-0.4, -0.2) is 35.2 Å². The predicted octanol–water partition coefficient (Wildman–Crippen LogP) is 1.68. The summed E-state index contributed by atoms with van der Waals surface area (Å²) in [5, 5.41) is 5.07. The normalized spacial score (nSPS) is 17.0. The molecule has 2 N–H and O–H groups in total. The predicted molar refractivity (Wildman–Crippen MR) is 93.4 cm³/mol. The van der Waals surface area contributed by atoms with E-state index in [9.17, 15) is 18.8 Å². The Hall–Kier alpha value is -3.22. The third kappa shape index (κ3) is 4.44. The van der Waals surface area contributed by atoms with Crippen LogP contribution >= 0.6 is 0 Å². The third-order valence-corrected chi connectivity index (χ3v) is 3.99. The monoisotopic (exact) mass is 355 g/mol. The molecule has 0 spiro atoms. The van der Waals surface area contributed by atoms with Crippen molar-refractivity contribution in [2.45, 2.75) is 19.0 Å². The number of amides is 3. The van der Waals surface area contributed by atoms with Crippen LogP contribution in [0, 0.1) is 5.82 Å². The molecule has 1 heterocycles. The Morgan fingerprint density at radius 3 is 2.65 bits per heavy atom. The van der Waals surface area contributed by atoms with Crippen molar-refractivity contribution >= 4 is 23.4 Å². The van der Waals surface area contributed by atoms with E-state index in [0.29, 0.717) is 12.2 Å². The fourth-order valence-electron chi connectivity index (χ4n) is 2.81. The average Bonchev–Trinajstić information content (AvgIpc) is 2.60. The van der Waals surface area contributed by atoms with E-state index in [0.717, 1.165) is 5.56 Å². The number of hydrogen-bond acceptors (Lipinski definition) is 3. The quantitative estimate of drug-likeness (QED) is 0.857. The Balaban J connectivity index is 1.64. The largest absolute Gasteiger partial charge is 0.342 e. The first-order valence-electron chi connectivity index (χ1n) is 8.19. The highest BCUT2D eigenvalue weighted by atomic mass is 19.1. The van der Waals surface area contributed by atoms with Gasteiger partial charge < -0.3 is 15.5 Å². The molecule has 1 atom stereocenters. The molecule has 1 unspecified atom stereocenters. The maximum Gasteiger partial charge on any atom is 0.246 e. The number of carbonyl (C=O) groups excluding carboxylic acids is 3. The molecule has 1 saturated heterocycles. The van der Waals surface area contributed by atoms with Crippen molar-refractivity contribution in [1.29, 1.82) is 0 Å². The highest BCUT2D eigenvalue weighted by Gasteiger charge is 2.34. The summed E-state index contributed by atoms with van der Waals surface area (Å²) in [7, 11) is 0. The van der Waals surface area contributed by atoms with Gasteiger partial charge in [0.15, 0.2) is 0 Å². The third-order valence-electron chi connectivity index (χ3n) is 3.99. The minimum Gasteiger partial charge on any atom is -0.342 e. The lowest BCUT2D eigenvalue weighted by molar-refractivity contribution is -0.145. The van der Waals surface area contributed by atoms with Gasteiger partial charge in [-0.3, -0.25) is 14.4 Å². The number of nitrogens with one attached hydrogen (secondary N) is 2. The second-order valence-electron chi connectivity index (χ2n) is 6.06. The van der Waals surface area contributed by atoms with Crippen molar-refractivity contribution in [2.24, 2.45) is 0 Å². The van der Waals surface area contributed by atoms with Crippen LogP contribution in [0.5, 0.6) is 0 Å². The zero-order valence-electron chi connectivity index (χ0n) is 13.9. The summed E-state index contributed by atoms with van der Waals surface area (Å²) >= 11 is 0. The molecule has 1 aliphatic rings. The number of hydrogen-bond donors (Lipinski definition) is 2. The number of benzene rings is 2. The van der Waals surface area contributed by atoms with Gasteiger partial charge >= 0.3 is 0 Å². The summed E-state index contributed by atoms with van der Waals surface area (Å²) in [6, 6.07) is 13.8. The molecule has 1 aliphatic heterocycles. The first kappa shape index (κ1) is 17.6. The van der Waals surface area contributed by atoms with E-state index < -0.39 is 17.8 Å². The first-order chi connectivity index (χ1) is 12.5. The number of nitrogens with zero attached hydrogens (tertiary/aromatic N) is 1. The van der Waals surface area contributed by atoms with Crippen molar-refractivity contribution in [1.82, 2.24) is 10.2 Å². The average molecular weight is 355 g/mol. The zero-order chi connectivity index (χ0) is 18.5. The zero-order valence-corrected chi connectivity index (χ0v) is 13.9. The first-order valence-corrected chi connectivity index (χ1v) is 8.19.